The predicted molar refractivity (Wildman–Crippen MR) is 216 cm³/mol. The van der Waals surface area contributed by atoms with E-state index in [0.29, 0.717) is 62.7 Å². The van der Waals surface area contributed by atoms with Crippen molar-refractivity contribution >= 4 is 50.6 Å². The van der Waals surface area contributed by atoms with Crippen molar-refractivity contribution in [2.45, 2.75) is 116 Å². The number of benzene rings is 1. The fourth-order valence-corrected chi connectivity index (χ4v) is 9.25. The summed E-state index contributed by atoms with van der Waals surface area (Å²) in [5.74, 6) is 0.570. The normalized spacial score (nSPS) is 17.1. The summed E-state index contributed by atoms with van der Waals surface area (Å²) in [5.41, 5.74) is 2.02. The maximum absolute atomic E-state index is 13.7. The Hall–Kier alpha value is -3.13. The number of ether oxygens (including phenoxy) is 1. The highest BCUT2D eigenvalue weighted by Gasteiger charge is 2.34. The van der Waals surface area contributed by atoms with E-state index in [1.807, 2.05) is 29.2 Å². The monoisotopic (exact) mass is 783 g/mol. The molecule has 0 fully saturated rings. The number of carbonyl (C=O) groups is 3. The van der Waals surface area contributed by atoms with Crippen molar-refractivity contribution in [1.29, 1.82) is 0 Å². The van der Waals surface area contributed by atoms with Crippen LogP contribution in [0.4, 0.5) is 0 Å². The third-order valence-corrected chi connectivity index (χ3v) is 12.8. The summed E-state index contributed by atoms with van der Waals surface area (Å²) >= 11 is 1.41. The third kappa shape index (κ3) is 12.7. The molecule has 10 nitrogen and oxygen atoms in total. The van der Waals surface area contributed by atoms with Crippen molar-refractivity contribution < 1.29 is 24.2 Å². The van der Waals surface area contributed by atoms with E-state index in [0.717, 1.165) is 40.4 Å². The molecule has 1 aliphatic carbocycles. The molecule has 1 aromatic carbocycles. The number of nitrogens with one attached hydrogen (secondary N) is 2. The van der Waals surface area contributed by atoms with E-state index >= 15 is 0 Å². The van der Waals surface area contributed by atoms with Gasteiger partial charge in [-0.25, -0.2) is 9.97 Å². The minimum atomic E-state index is -0.524. The van der Waals surface area contributed by atoms with Crippen LogP contribution < -0.4 is 10.6 Å². The standard InChI is InChI=1S/C40H57N5O5S3/c1-7-17-45(37(47)20-27(6)9-3)34(26(4)5)24-35(50-18-8-2)40-44-33(25-51-40)39(49)43-29-21-28-13-14-30(46)23-31(28)32(22-29)38(48)42-16-19-52-53-36-12-10-11-15-41-36/h10-15,23,25-27,29,32,34-35,46H,7-9,16-22,24H2,1-6H3,(H,42,48)(H,43,49)/t27-,29-,32+,34?,35+/m0/s1. The molecule has 290 valence electrons. The number of aromatic hydroxyl groups is 1. The van der Waals surface area contributed by atoms with Gasteiger partial charge in [0.05, 0.1) is 5.92 Å². The zero-order chi connectivity index (χ0) is 38.3. The highest BCUT2D eigenvalue weighted by atomic mass is 33.1. The lowest BCUT2D eigenvalue weighted by molar-refractivity contribution is -0.136. The van der Waals surface area contributed by atoms with Gasteiger partial charge in [0.1, 0.15) is 27.6 Å². The molecule has 4 rings (SSSR count). The molecule has 2 heterocycles. The molecule has 3 amide bonds. The van der Waals surface area contributed by atoms with Crippen molar-refractivity contribution in [1.82, 2.24) is 25.5 Å². The maximum Gasteiger partial charge on any atom is 0.270 e. The Balaban J connectivity index is 1.43. The Morgan fingerprint density at radius 3 is 2.62 bits per heavy atom. The number of phenols is 1. The van der Waals surface area contributed by atoms with Crippen LogP contribution in [0.5, 0.6) is 5.75 Å². The lowest BCUT2D eigenvalue weighted by Crippen LogP contribution is -2.45. The first-order valence-electron chi connectivity index (χ1n) is 19.0. The molecule has 0 radical (unpaired) electrons. The molecule has 0 bridgehead atoms. The molecule has 0 spiro atoms. The van der Waals surface area contributed by atoms with Gasteiger partial charge >= 0.3 is 0 Å². The van der Waals surface area contributed by atoms with Gasteiger partial charge in [-0.05, 0) is 83.7 Å². The first-order chi connectivity index (χ1) is 25.5. The second kappa shape index (κ2) is 21.7. The van der Waals surface area contributed by atoms with Gasteiger partial charge in [0.25, 0.3) is 5.91 Å². The molecule has 1 unspecified atom stereocenters. The van der Waals surface area contributed by atoms with Gasteiger partial charge in [-0.1, -0.05) is 70.9 Å². The largest absolute Gasteiger partial charge is 0.508 e. The van der Waals surface area contributed by atoms with Crippen molar-refractivity contribution in [3.63, 3.8) is 0 Å². The fraction of sp³-hybridized carbons (Fsp3) is 0.575. The average Bonchev–Trinajstić information content (AvgIpc) is 3.64. The van der Waals surface area contributed by atoms with Crippen molar-refractivity contribution in [3.05, 3.63) is 69.8 Å². The van der Waals surface area contributed by atoms with Crippen LogP contribution in [-0.2, 0) is 20.7 Å². The minimum Gasteiger partial charge on any atom is -0.508 e. The molecule has 5 atom stereocenters. The lowest BCUT2D eigenvalue weighted by Gasteiger charge is -2.37. The summed E-state index contributed by atoms with van der Waals surface area (Å²) in [6.45, 7) is 14.4. The predicted octanol–water partition coefficient (Wildman–Crippen LogP) is 8.19. The van der Waals surface area contributed by atoms with Gasteiger partial charge in [0.15, 0.2) is 0 Å². The van der Waals surface area contributed by atoms with Gasteiger partial charge in [0.2, 0.25) is 11.8 Å². The molecule has 0 saturated carbocycles. The lowest BCUT2D eigenvalue weighted by atomic mass is 9.79. The summed E-state index contributed by atoms with van der Waals surface area (Å²) in [4.78, 5) is 51.9. The summed E-state index contributed by atoms with van der Waals surface area (Å²) in [6.07, 6.45) is 6.14. The summed E-state index contributed by atoms with van der Waals surface area (Å²) in [5, 5.41) is 19.9. The molecule has 2 aromatic heterocycles. The van der Waals surface area contributed by atoms with Crippen LogP contribution in [0, 0.1) is 11.8 Å². The number of fused-ring (bicyclic) bond motifs is 1. The quantitative estimate of drug-likeness (QED) is 0.0723. The smallest absolute Gasteiger partial charge is 0.270 e. The van der Waals surface area contributed by atoms with Crippen LogP contribution in [0.25, 0.3) is 0 Å². The molecule has 0 aliphatic heterocycles. The van der Waals surface area contributed by atoms with E-state index in [2.05, 4.69) is 57.2 Å². The van der Waals surface area contributed by atoms with Gasteiger partial charge in [0, 0.05) is 62.0 Å². The van der Waals surface area contributed by atoms with E-state index in [1.165, 1.54) is 11.3 Å². The van der Waals surface area contributed by atoms with Crippen LogP contribution >= 0.6 is 32.9 Å². The number of amides is 3. The van der Waals surface area contributed by atoms with Crippen LogP contribution in [0.2, 0.25) is 0 Å². The Bertz CT molecular complexity index is 1610. The van der Waals surface area contributed by atoms with Crippen LogP contribution in [0.1, 0.15) is 119 Å². The fourth-order valence-electron chi connectivity index (χ4n) is 6.60. The molecule has 3 N–H and O–H groups in total. The number of aromatic nitrogens is 2. The van der Waals surface area contributed by atoms with E-state index in [9.17, 15) is 19.5 Å². The van der Waals surface area contributed by atoms with Crippen LogP contribution in [0.3, 0.4) is 0 Å². The molecule has 13 heteroatoms. The van der Waals surface area contributed by atoms with E-state index in [1.54, 1.807) is 45.3 Å². The number of carbonyl (C=O) groups excluding carboxylic acids is 3. The molecular weight excluding hydrogens is 727 g/mol. The average molecular weight is 784 g/mol. The number of hydrogen-bond acceptors (Lipinski definition) is 10. The first kappa shape index (κ1) is 42.6. The van der Waals surface area contributed by atoms with E-state index in [-0.39, 0.29) is 47.6 Å². The molecule has 3 aromatic rings. The summed E-state index contributed by atoms with van der Waals surface area (Å²) in [7, 11) is 3.19. The Kier molecular flexibility index (Phi) is 17.4. The molecule has 53 heavy (non-hydrogen) atoms. The van der Waals surface area contributed by atoms with Gasteiger partial charge in [-0.15, -0.1) is 11.3 Å². The highest BCUT2D eigenvalue weighted by Crippen LogP contribution is 2.36. The third-order valence-electron chi connectivity index (χ3n) is 9.59. The first-order valence-corrected chi connectivity index (χ1v) is 22.2. The van der Waals surface area contributed by atoms with Crippen molar-refractivity contribution in [2.75, 3.05) is 25.4 Å². The van der Waals surface area contributed by atoms with Crippen LogP contribution in [0.15, 0.2) is 53.0 Å². The maximum atomic E-state index is 13.7. The van der Waals surface area contributed by atoms with Gasteiger partial charge < -0.3 is 25.4 Å². The van der Waals surface area contributed by atoms with Crippen LogP contribution in [-0.4, -0.2) is 75.2 Å². The number of nitrogens with zero attached hydrogens (tertiary/aromatic N) is 3. The number of pyridine rings is 1. The topological polar surface area (TPSA) is 134 Å². The number of thiazole rings is 1. The van der Waals surface area contributed by atoms with Crippen molar-refractivity contribution in [3.8, 4) is 5.75 Å². The zero-order valence-corrected chi connectivity index (χ0v) is 34.5. The summed E-state index contributed by atoms with van der Waals surface area (Å²) < 4.78 is 6.38. The van der Waals surface area contributed by atoms with E-state index in [4.69, 9.17) is 9.72 Å². The second-order valence-corrected chi connectivity index (χ2v) is 17.5. The summed E-state index contributed by atoms with van der Waals surface area (Å²) in [6, 6.07) is 10.6. The molecular formula is C40H57N5O5S3. The Morgan fingerprint density at radius 2 is 1.92 bits per heavy atom. The number of phenolic OH excluding ortho intramolecular Hbond substituents is 1. The van der Waals surface area contributed by atoms with E-state index < -0.39 is 5.92 Å². The van der Waals surface area contributed by atoms with Crippen molar-refractivity contribution in [2.24, 2.45) is 11.8 Å². The highest BCUT2D eigenvalue weighted by molar-refractivity contribution is 8.76. The Labute approximate surface area is 327 Å². The van der Waals surface area contributed by atoms with Gasteiger partial charge in [-0.3, -0.25) is 14.4 Å². The second-order valence-electron chi connectivity index (χ2n) is 14.2. The zero-order valence-electron chi connectivity index (χ0n) is 32.0. The number of rotatable bonds is 21. The SMILES string of the molecule is CCCO[C@H](CC(C(C)C)N(CCC)C(=O)C[C@@H](C)CC)c1nc(C(=O)N[C@H]2Cc3ccc(O)cc3[C@H](C(=O)NCCSSc3ccccn3)C2)cs1. The molecule has 1 aliphatic rings. The number of hydrogen-bond donors (Lipinski definition) is 3. The molecule has 0 saturated heterocycles. The van der Waals surface area contributed by atoms with Gasteiger partial charge in [-0.2, -0.15) is 0 Å². The Morgan fingerprint density at radius 1 is 1.11 bits per heavy atom. The minimum absolute atomic E-state index is 0.0300.